The first-order valence-electron chi connectivity index (χ1n) is 6.73. The van der Waals surface area contributed by atoms with Gasteiger partial charge in [-0.1, -0.05) is 30.3 Å². The number of carbonyl (C=O) groups is 1. The summed E-state index contributed by atoms with van der Waals surface area (Å²) in [4.78, 5) is 17.5. The second-order valence-electron chi connectivity index (χ2n) is 4.74. The number of anilines is 1. The van der Waals surface area contributed by atoms with Crippen molar-refractivity contribution in [2.45, 2.75) is 6.92 Å². The minimum absolute atomic E-state index is 0.240. The van der Waals surface area contributed by atoms with E-state index in [0.717, 1.165) is 10.6 Å². The van der Waals surface area contributed by atoms with Crippen LogP contribution in [0.2, 0.25) is 0 Å². The zero-order valence-corrected chi connectivity index (χ0v) is 12.7. The molecule has 0 unspecified atom stereocenters. The lowest BCUT2D eigenvalue weighted by molar-refractivity contribution is 0.103. The lowest BCUT2D eigenvalue weighted by atomic mass is 10.1. The van der Waals surface area contributed by atoms with Gasteiger partial charge < -0.3 is 5.32 Å². The van der Waals surface area contributed by atoms with Crippen molar-refractivity contribution in [1.82, 2.24) is 4.98 Å². The van der Waals surface area contributed by atoms with E-state index in [0.29, 0.717) is 16.3 Å². The first-order valence-corrected chi connectivity index (χ1v) is 7.55. The van der Waals surface area contributed by atoms with Gasteiger partial charge in [-0.25, -0.2) is 9.37 Å². The predicted molar refractivity (Wildman–Crippen MR) is 86.6 cm³/mol. The summed E-state index contributed by atoms with van der Waals surface area (Å²) >= 11 is 1.34. The Labute approximate surface area is 131 Å². The molecule has 0 aliphatic heterocycles. The monoisotopic (exact) mass is 312 g/mol. The summed E-state index contributed by atoms with van der Waals surface area (Å²) in [5.74, 6) is -0.576. The molecule has 0 atom stereocenters. The summed E-state index contributed by atoms with van der Waals surface area (Å²) in [5.41, 5.74) is 2.12. The van der Waals surface area contributed by atoms with Crippen LogP contribution in [0.4, 0.5) is 10.1 Å². The topological polar surface area (TPSA) is 42.0 Å². The van der Waals surface area contributed by atoms with Crippen molar-refractivity contribution < 1.29 is 9.18 Å². The van der Waals surface area contributed by atoms with E-state index in [-0.39, 0.29) is 11.7 Å². The summed E-state index contributed by atoms with van der Waals surface area (Å²) in [7, 11) is 0. The number of hydrogen-bond donors (Lipinski definition) is 1. The SMILES string of the molecule is Cc1nc(-c2ccccc2)c(C(=O)Nc2ccc(F)cc2)s1. The van der Waals surface area contributed by atoms with E-state index in [1.165, 1.54) is 35.6 Å². The van der Waals surface area contributed by atoms with E-state index in [2.05, 4.69) is 10.3 Å². The third kappa shape index (κ3) is 3.04. The van der Waals surface area contributed by atoms with Gasteiger partial charge in [0.05, 0.1) is 10.7 Å². The molecule has 3 aromatic rings. The molecule has 0 aliphatic rings. The highest BCUT2D eigenvalue weighted by molar-refractivity contribution is 7.14. The van der Waals surface area contributed by atoms with E-state index in [9.17, 15) is 9.18 Å². The van der Waals surface area contributed by atoms with E-state index in [4.69, 9.17) is 0 Å². The van der Waals surface area contributed by atoms with Crippen LogP contribution in [-0.4, -0.2) is 10.9 Å². The second-order valence-corrected chi connectivity index (χ2v) is 5.94. The highest BCUT2D eigenvalue weighted by atomic mass is 32.1. The molecule has 0 radical (unpaired) electrons. The number of aryl methyl sites for hydroxylation is 1. The first kappa shape index (κ1) is 14.4. The fourth-order valence-corrected chi connectivity index (χ4v) is 2.93. The molecule has 3 nitrogen and oxygen atoms in total. The molecular weight excluding hydrogens is 299 g/mol. The van der Waals surface area contributed by atoms with E-state index in [1.54, 1.807) is 0 Å². The molecule has 1 heterocycles. The van der Waals surface area contributed by atoms with Crippen LogP contribution in [0.15, 0.2) is 54.6 Å². The Morgan fingerprint density at radius 2 is 1.77 bits per heavy atom. The number of carbonyl (C=O) groups excluding carboxylic acids is 1. The Balaban J connectivity index is 1.91. The third-order valence-electron chi connectivity index (χ3n) is 3.09. The van der Waals surface area contributed by atoms with Crippen molar-refractivity contribution in [2.24, 2.45) is 0 Å². The molecule has 1 amide bonds. The third-order valence-corrected chi connectivity index (χ3v) is 4.06. The number of halogens is 1. The minimum Gasteiger partial charge on any atom is -0.321 e. The quantitative estimate of drug-likeness (QED) is 0.773. The molecule has 2 aromatic carbocycles. The maximum absolute atomic E-state index is 12.9. The Kier molecular flexibility index (Phi) is 3.98. The van der Waals surface area contributed by atoms with Gasteiger partial charge >= 0.3 is 0 Å². The van der Waals surface area contributed by atoms with Crippen LogP contribution < -0.4 is 5.32 Å². The molecule has 0 saturated heterocycles. The Bertz CT molecular complexity index is 797. The molecule has 1 aromatic heterocycles. The number of rotatable bonds is 3. The molecule has 3 rings (SSSR count). The zero-order valence-electron chi connectivity index (χ0n) is 11.8. The van der Waals surface area contributed by atoms with E-state index < -0.39 is 0 Å². The van der Waals surface area contributed by atoms with Crippen molar-refractivity contribution in [1.29, 1.82) is 0 Å². The molecule has 110 valence electrons. The maximum Gasteiger partial charge on any atom is 0.268 e. The lowest BCUT2D eigenvalue weighted by Gasteiger charge is -2.05. The number of nitrogens with zero attached hydrogens (tertiary/aromatic N) is 1. The van der Waals surface area contributed by atoms with Crippen LogP contribution in [0.25, 0.3) is 11.3 Å². The van der Waals surface area contributed by atoms with Crippen LogP contribution in [-0.2, 0) is 0 Å². The highest BCUT2D eigenvalue weighted by Crippen LogP contribution is 2.28. The summed E-state index contributed by atoms with van der Waals surface area (Å²) in [6, 6.07) is 15.3. The molecule has 0 saturated carbocycles. The van der Waals surface area contributed by atoms with Crippen LogP contribution in [0.3, 0.4) is 0 Å². The molecular formula is C17H13FN2OS. The van der Waals surface area contributed by atoms with Crippen LogP contribution in [0.5, 0.6) is 0 Å². The predicted octanol–water partition coefficient (Wildman–Crippen LogP) is 4.51. The summed E-state index contributed by atoms with van der Waals surface area (Å²) in [6.45, 7) is 1.87. The molecule has 0 aliphatic carbocycles. The van der Waals surface area contributed by atoms with Gasteiger partial charge in [-0.3, -0.25) is 4.79 Å². The molecule has 0 fully saturated rings. The van der Waals surface area contributed by atoms with Gasteiger partial charge in [0.15, 0.2) is 0 Å². The summed E-state index contributed by atoms with van der Waals surface area (Å²) in [5, 5.41) is 3.60. The summed E-state index contributed by atoms with van der Waals surface area (Å²) < 4.78 is 12.9. The minimum atomic E-state index is -0.336. The van der Waals surface area contributed by atoms with Crippen molar-refractivity contribution >= 4 is 22.9 Å². The van der Waals surface area contributed by atoms with Crippen molar-refractivity contribution in [3.63, 3.8) is 0 Å². The molecule has 22 heavy (non-hydrogen) atoms. The molecule has 0 spiro atoms. The van der Waals surface area contributed by atoms with Gasteiger partial charge in [0.2, 0.25) is 0 Å². The van der Waals surface area contributed by atoms with Gasteiger partial charge in [-0.15, -0.1) is 11.3 Å². The average Bonchev–Trinajstić information content (AvgIpc) is 2.92. The van der Waals surface area contributed by atoms with Crippen LogP contribution >= 0.6 is 11.3 Å². The van der Waals surface area contributed by atoms with Crippen LogP contribution in [0.1, 0.15) is 14.7 Å². The van der Waals surface area contributed by atoms with E-state index >= 15 is 0 Å². The van der Waals surface area contributed by atoms with Gasteiger partial charge in [0.25, 0.3) is 5.91 Å². The van der Waals surface area contributed by atoms with Crippen molar-refractivity contribution in [2.75, 3.05) is 5.32 Å². The smallest absolute Gasteiger partial charge is 0.268 e. The standard InChI is InChI=1S/C17H13FN2OS/c1-11-19-15(12-5-3-2-4-6-12)16(22-11)17(21)20-14-9-7-13(18)8-10-14/h2-10H,1H3,(H,20,21). The second kappa shape index (κ2) is 6.07. The number of thiazole rings is 1. The Hall–Kier alpha value is -2.53. The maximum atomic E-state index is 12.9. The van der Waals surface area contributed by atoms with Crippen molar-refractivity contribution in [3.8, 4) is 11.3 Å². The zero-order chi connectivity index (χ0) is 15.5. The van der Waals surface area contributed by atoms with Gasteiger partial charge in [0.1, 0.15) is 10.7 Å². The normalized spacial score (nSPS) is 10.5. The number of aromatic nitrogens is 1. The van der Waals surface area contributed by atoms with Crippen LogP contribution in [0, 0.1) is 12.7 Å². The van der Waals surface area contributed by atoms with Gasteiger partial charge in [-0.05, 0) is 31.2 Å². The number of nitrogens with one attached hydrogen (secondary N) is 1. The summed E-state index contributed by atoms with van der Waals surface area (Å²) in [6.07, 6.45) is 0. The number of benzene rings is 2. The van der Waals surface area contributed by atoms with Crippen molar-refractivity contribution in [3.05, 3.63) is 70.3 Å². The lowest BCUT2D eigenvalue weighted by Crippen LogP contribution is -2.11. The number of hydrogen-bond acceptors (Lipinski definition) is 3. The van der Waals surface area contributed by atoms with E-state index in [1.807, 2.05) is 37.3 Å². The van der Waals surface area contributed by atoms with Gasteiger partial charge in [-0.2, -0.15) is 0 Å². The first-order chi connectivity index (χ1) is 10.6. The average molecular weight is 312 g/mol. The molecule has 1 N–H and O–H groups in total. The largest absolute Gasteiger partial charge is 0.321 e. The molecule has 5 heteroatoms. The Morgan fingerprint density at radius 1 is 1.09 bits per heavy atom. The number of amides is 1. The highest BCUT2D eigenvalue weighted by Gasteiger charge is 2.18. The molecule has 0 bridgehead atoms. The van der Waals surface area contributed by atoms with Gasteiger partial charge in [0, 0.05) is 11.3 Å². The fraction of sp³-hybridized carbons (Fsp3) is 0.0588. The fourth-order valence-electron chi connectivity index (χ4n) is 2.09. The Morgan fingerprint density at radius 3 is 2.45 bits per heavy atom.